The van der Waals surface area contributed by atoms with E-state index >= 15 is 0 Å². The number of aryl methyl sites for hydroxylation is 1. The lowest BCUT2D eigenvalue weighted by atomic mass is 9.44. The van der Waals surface area contributed by atoms with Crippen molar-refractivity contribution >= 4 is 11.4 Å². The maximum absolute atomic E-state index is 13.2. The van der Waals surface area contributed by atoms with Gasteiger partial charge in [0.15, 0.2) is 0 Å². The van der Waals surface area contributed by atoms with Crippen LogP contribution in [0.15, 0.2) is 24.5 Å². The third kappa shape index (κ3) is 2.44. The van der Waals surface area contributed by atoms with Crippen molar-refractivity contribution in [3.8, 4) is 0 Å². The molecule has 144 valence electrons. The second-order valence-corrected chi connectivity index (χ2v) is 10.4. The molecule has 6 atom stereocenters. The molecule has 3 fully saturated rings. The van der Waals surface area contributed by atoms with Crippen LogP contribution in [0, 0.1) is 41.4 Å². The zero-order chi connectivity index (χ0) is 18.8. The van der Waals surface area contributed by atoms with Crippen LogP contribution in [0.2, 0.25) is 0 Å². The number of Topliss-reactive ketones (excluding diaryl/α,β-unsaturated/α-hetero) is 1. The first-order valence-corrected chi connectivity index (χ1v) is 11.1. The minimum atomic E-state index is 0.217. The average molecular weight is 364 g/mol. The minimum absolute atomic E-state index is 0.217. The van der Waals surface area contributed by atoms with Gasteiger partial charge in [-0.3, -0.25) is 9.78 Å². The fourth-order valence-electron chi connectivity index (χ4n) is 7.81. The first-order valence-electron chi connectivity index (χ1n) is 11.1. The molecule has 0 amide bonds. The molecule has 2 heteroatoms. The van der Waals surface area contributed by atoms with E-state index in [9.17, 15) is 4.79 Å². The van der Waals surface area contributed by atoms with E-state index in [1.807, 2.05) is 12.4 Å². The van der Waals surface area contributed by atoms with Crippen LogP contribution in [0.1, 0.15) is 76.3 Å². The summed E-state index contributed by atoms with van der Waals surface area (Å²) in [5.74, 6) is 2.92. The number of pyridine rings is 1. The second-order valence-electron chi connectivity index (χ2n) is 10.4. The Labute approximate surface area is 163 Å². The van der Waals surface area contributed by atoms with Crippen LogP contribution in [-0.2, 0) is 4.79 Å². The molecule has 3 saturated carbocycles. The third-order valence-electron chi connectivity index (χ3n) is 9.13. The standard InChI is InChI=1S/C25H33NO/c1-16-12-17(15-26-14-16)19-7-8-20-18-13-23(27)22-6-4-5-10-24(22,2)21(18)9-11-25(19,20)3/h7,12,14-15,18,20-22H,4-6,8-11,13H2,1-3H3/t18-,20-,21?,22?,24+,25+/m0/s1. The number of hydrogen-bond acceptors (Lipinski definition) is 2. The van der Waals surface area contributed by atoms with Gasteiger partial charge in [0.25, 0.3) is 0 Å². The van der Waals surface area contributed by atoms with Gasteiger partial charge in [-0.1, -0.05) is 32.8 Å². The summed E-state index contributed by atoms with van der Waals surface area (Å²) in [6, 6.07) is 2.29. The lowest BCUT2D eigenvalue weighted by Gasteiger charge is -2.59. The summed E-state index contributed by atoms with van der Waals surface area (Å²) in [5.41, 5.74) is 4.54. The Bertz CT molecular complexity index is 810. The van der Waals surface area contributed by atoms with E-state index in [0.29, 0.717) is 23.5 Å². The lowest BCUT2D eigenvalue weighted by molar-refractivity contribution is -0.150. The predicted molar refractivity (Wildman–Crippen MR) is 109 cm³/mol. The molecule has 4 aliphatic rings. The van der Waals surface area contributed by atoms with Crippen molar-refractivity contribution in [3.05, 3.63) is 35.7 Å². The number of carbonyl (C=O) groups is 1. The second kappa shape index (κ2) is 6.03. The van der Waals surface area contributed by atoms with E-state index in [1.165, 1.54) is 48.8 Å². The van der Waals surface area contributed by atoms with E-state index in [0.717, 1.165) is 25.2 Å². The Kier molecular flexibility index (Phi) is 3.94. The number of aromatic nitrogens is 1. The van der Waals surface area contributed by atoms with Gasteiger partial charge in [0.05, 0.1) is 0 Å². The molecule has 0 radical (unpaired) electrons. The van der Waals surface area contributed by atoms with Crippen molar-refractivity contribution < 1.29 is 4.79 Å². The molecule has 27 heavy (non-hydrogen) atoms. The van der Waals surface area contributed by atoms with E-state index in [1.54, 1.807) is 0 Å². The topological polar surface area (TPSA) is 30.0 Å². The number of fused-ring (bicyclic) bond motifs is 5. The predicted octanol–water partition coefficient (Wildman–Crippen LogP) is 6.00. The highest BCUT2D eigenvalue weighted by Crippen LogP contribution is 2.66. The first kappa shape index (κ1) is 17.6. The molecule has 0 N–H and O–H groups in total. The van der Waals surface area contributed by atoms with Crippen molar-refractivity contribution in [3.63, 3.8) is 0 Å². The molecule has 0 saturated heterocycles. The van der Waals surface area contributed by atoms with Crippen LogP contribution >= 0.6 is 0 Å². The number of rotatable bonds is 1. The Balaban J connectivity index is 1.49. The molecular formula is C25H33NO. The molecule has 0 spiro atoms. The van der Waals surface area contributed by atoms with Crippen molar-refractivity contribution in [2.75, 3.05) is 0 Å². The molecule has 0 bridgehead atoms. The monoisotopic (exact) mass is 363 g/mol. The largest absolute Gasteiger partial charge is 0.299 e. The van der Waals surface area contributed by atoms with E-state index in [2.05, 4.69) is 37.9 Å². The molecule has 4 aliphatic carbocycles. The molecular weight excluding hydrogens is 330 g/mol. The summed E-state index contributed by atoms with van der Waals surface area (Å²) in [7, 11) is 0. The highest BCUT2D eigenvalue weighted by molar-refractivity contribution is 5.83. The van der Waals surface area contributed by atoms with Gasteiger partial charge in [-0.15, -0.1) is 0 Å². The zero-order valence-corrected chi connectivity index (χ0v) is 17.1. The number of ketones is 1. The number of allylic oxidation sites excluding steroid dienone is 2. The van der Waals surface area contributed by atoms with Crippen LogP contribution in [-0.4, -0.2) is 10.8 Å². The van der Waals surface area contributed by atoms with Gasteiger partial charge < -0.3 is 0 Å². The Morgan fingerprint density at radius 2 is 1.93 bits per heavy atom. The Morgan fingerprint density at radius 3 is 2.74 bits per heavy atom. The number of carbonyl (C=O) groups excluding carboxylic acids is 1. The van der Waals surface area contributed by atoms with Gasteiger partial charge in [-0.05, 0) is 90.4 Å². The summed E-state index contributed by atoms with van der Waals surface area (Å²) in [4.78, 5) is 17.6. The van der Waals surface area contributed by atoms with Crippen molar-refractivity contribution in [1.82, 2.24) is 4.98 Å². The summed E-state index contributed by atoms with van der Waals surface area (Å²) in [6.45, 7) is 7.09. The molecule has 0 aromatic carbocycles. The van der Waals surface area contributed by atoms with Gasteiger partial charge in [-0.2, -0.15) is 0 Å². The fourth-order valence-corrected chi connectivity index (χ4v) is 7.81. The average Bonchev–Trinajstić information content (AvgIpc) is 2.99. The van der Waals surface area contributed by atoms with Crippen LogP contribution in [0.5, 0.6) is 0 Å². The molecule has 1 heterocycles. The van der Waals surface area contributed by atoms with E-state index < -0.39 is 0 Å². The molecule has 2 unspecified atom stereocenters. The quantitative estimate of drug-likeness (QED) is 0.613. The number of nitrogens with zero attached hydrogens (tertiary/aromatic N) is 1. The van der Waals surface area contributed by atoms with Crippen LogP contribution in [0.3, 0.4) is 0 Å². The smallest absolute Gasteiger partial charge is 0.136 e. The van der Waals surface area contributed by atoms with Crippen molar-refractivity contribution in [2.24, 2.45) is 34.5 Å². The van der Waals surface area contributed by atoms with E-state index in [4.69, 9.17) is 0 Å². The molecule has 1 aromatic rings. The summed E-state index contributed by atoms with van der Waals surface area (Å²) in [6.07, 6.45) is 16.1. The number of hydrogen-bond donors (Lipinski definition) is 0. The van der Waals surface area contributed by atoms with Crippen LogP contribution in [0.25, 0.3) is 5.57 Å². The normalized spacial score (nSPS) is 43.5. The Hall–Kier alpha value is -1.44. The van der Waals surface area contributed by atoms with Gasteiger partial charge in [-0.25, -0.2) is 0 Å². The van der Waals surface area contributed by atoms with Crippen molar-refractivity contribution in [2.45, 2.75) is 72.1 Å². The lowest BCUT2D eigenvalue weighted by Crippen LogP contribution is -2.55. The van der Waals surface area contributed by atoms with Crippen LogP contribution < -0.4 is 0 Å². The third-order valence-corrected chi connectivity index (χ3v) is 9.13. The maximum Gasteiger partial charge on any atom is 0.136 e. The maximum atomic E-state index is 13.2. The summed E-state index contributed by atoms with van der Waals surface area (Å²) >= 11 is 0. The van der Waals surface area contributed by atoms with Gasteiger partial charge in [0.1, 0.15) is 5.78 Å². The SMILES string of the molecule is Cc1cncc(C2=CC[C@H]3[C@@H]4CC(=O)C5CCCC[C@]5(C)C4CC[C@]23C)c1. The zero-order valence-electron chi connectivity index (χ0n) is 17.1. The minimum Gasteiger partial charge on any atom is -0.299 e. The molecule has 1 aromatic heterocycles. The van der Waals surface area contributed by atoms with Gasteiger partial charge in [0.2, 0.25) is 0 Å². The highest BCUT2D eigenvalue weighted by atomic mass is 16.1. The fraction of sp³-hybridized carbons (Fsp3) is 0.680. The summed E-state index contributed by atoms with van der Waals surface area (Å²) < 4.78 is 0. The van der Waals surface area contributed by atoms with Gasteiger partial charge in [0, 0.05) is 24.7 Å². The molecule has 0 aliphatic heterocycles. The Morgan fingerprint density at radius 1 is 1.07 bits per heavy atom. The van der Waals surface area contributed by atoms with Gasteiger partial charge >= 0.3 is 0 Å². The highest BCUT2D eigenvalue weighted by Gasteiger charge is 2.60. The summed E-state index contributed by atoms with van der Waals surface area (Å²) in [5, 5.41) is 0. The molecule has 2 nitrogen and oxygen atoms in total. The van der Waals surface area contributed by atoms with E-state index in [-0.39, 0.29) is 10.8 Å². The first-order chi connectivity index (χ1) is 12.9. The van der Waals surface area contributed by atoms with Crippen molar-refractivity contribution in [1.29, 1.82) is 0 Å². The molecule has 5 rings (SSSR count). The van der Waals surface area contributed by atoms with Crippen LogP contribution in [0.4, 0.5) is 0 Å².